The summed E-state index contributed by atoms with van der Waals surface area (Å²) in [6.07, 6.45) is 4.82. The average molecular weight is 359 g/mol. The van der Waals surface area contributed by atoms with E-state index in [0.29, 0.717) is 25.4 Å². The van der Waals surface area contributed by atoms with Gasteiger partial charge in [-0.25, -0.2) is 0 Å². The van der Waals surface area contributed by atoms with E-state index < -0.39 is 0 Å². The van der Waals surface area contributed by atoms with Crippen LogP contribution in [0.4, 0.5) is 0 Å². The molecule has 2 aromatic rings. The fourth-order valence-corrected chi connectivity index (χ4v) is 3.30. The van der Waals surface area contributed by atoms with Crippen LogP contribution in [0.3, 0.4) is 0 Å². The topological polar surface area (TPSA) is 65.8 Å². The van der Waals surface area contributed by atoms with Gasteiger partial charge in [-0.15, -0.1) is 11.3 Å². The van der Waals surface area contributed by atoms with E-state index in [1.807, 2.05) is 28.5 Å². The van der Waals surface area contributed by atoms with Crippen LogP contribution >= 0.6 is 11.3 Å². The lowest BCUT2D eigenvalue weighted by molar-refractivity contribution is -0.127. The zero-order valence-electron chi connectivity index (χ0n) is 13.9. The van der Waals surface area contributed by atoms with Gasteiger partial charge in [0.15, 0.2) is 0 Å². The van der Waals surface area contributed by atoms with Gasteiger partial charge >= 0.3 is 0 Å². The molecule has 2 amide bonds. The van der Waals surface area contributed by atoms with E-state index in [1.54, 1.807) is 24.5 Å². The smallest absolute Gasteiger partial charge is 0.261 e. The SMILES string of the molecule is O=C(NCCN1CCN(C(=O)/C=C/c2ccco2)CC1)c1cccs1. The average Bonchev–Trinajstić information content (AvgIpc) is 3.34. The fourth-order valence-electron chi connectivity index (χ4n) is 2.66. The molecule has 0 aliphatic carbocycles. The van der Waals surface area contributed by atoms with Crippen LogP contribution in [0.25, 0.3) is 6.08 Å². The van der Waals surface area contributed by atoms with Gasteiger partial charge in [0.1, 0.15) is 5.76 Å². The highest BCUT2D eigenvalue weighted by atomic mass is 32.1. The molecular weight excluding hydrogens is 338 g/mol. The molecule has 0 saturated carbocycles. The third kappa shape index (κ3) is 5.04. The molecule has 0 bridgehead atoms. The monoisotopic (exact) mass is 359 g/mol. The van der Waals surface area contributed by atoms with Crippen LogP contribution in [0.2, 0.25) is 0 Å². The van der Waals surface area contributed by atoms with Crippen molar-refractivity contribution in [1.29, 1.82) is 0 Å². The maximum absolute atomic E-state index is 12.2. The van der Waals surface area contributed by atoms with Crippen LogP contribution in [-0.2, 0) is 4.79 Å². The van der Waals surface area contributed by atoms with Crippen LogP contribution in [0.1, 0.15) is 15.4 Å². The van der Waals surface area contributed by atoms with E-state index in [1.165, 1.54) is 11.3 Å². The Morgan fingerprint density at radius 3 is 2.72 bits per heavy atom. The second-order valence-electron chi connectivity index (χ2n) is 5.75. The number of carbonyl (C=O) groups excluding carboxylic acids is 2. The summed E-state index contributed by atoms with van der Waals surface area (Å²) in [5.41, 5.74) is 0. The molecular formula is C18H21N3O3S. The second kappa shape index (κ2) is 8.64. The van der Waals surface area contributed by atoms with Gasteiger partial charge in [0.05, 0.1) is 11.1 Å². The normalized spacial score (nSPS) is 15.6. The summed E-state index contributed by atoms with van der Waals surface area (Å²) in [6, 6.07) is 7.29. The number of amides is 2. The molecule has 2 aromatic heterocycles. The first kappa shape index (κ1) is 17.4. The van der Waals surface area contributed by atoms with E-state index in [2.05, 4.69) is 10.2 Å². The van der Waals surface area contributed by atoms with Crippen LogP contribution in [0.5, 0.6) is 0 Å². The molecule has 1 fully saturated rings. The van der Waals surface area contributed by atoms with Gasteiger partial charge < -0.3 is 14.6 Å². The van der Waals surface area contributed by atoms with Crippen molar-refractivity contribution < 1.29 is 14.0 Å². The summed E-state index contributed by atoms with van der Waals surface area (Å²) in [7, 11) is 0. The summed E-state index contributed by atoms with van der Waals surface area (Å²) in [6.45, 7) is 4.43. The zero-order valence-corrected chi connectivity index (χ0v) is 14.7. The molecule has 25 heavy (non-hydrogen) atoms. The Balaban J connectivity index is 1.35. The van der Waals surface area contributed by atoms with E-state index in [9.17, 15) is 9.59 Å². The first-order chi connectivity index (χ1) is 12.2. The minimum atomic E-state index is -0.0214. The van der Waals surface area contributed by atoms with Gasteiger partial charge in [-0.2, -0.15) is 0 Å². The van der Waals surface area contributed by atoms with Crippen LogP contribution in [0.15, 0.2) is 46.4 Å². The highest BCUT2D eigenvalue weighted by molar-refractivity contribution is 7.12. The second-order valence-corrected chi connectivity index (χ2v) is 6.70. The first-order valence-electron chi connectivity index (χ1n) is 8.27. The molecule has 3 rings (SSSR count). The van der Waals surface area contributed by atoms with Gasteiger partial charge in [-0.05, 0) is 29.7 Å². The third-order valence-electron chi connectivity index (χ3n) is 4.08. The fraction of sp³-hybridized carbons (Fsp3) is 0.333. The lowest BCUT2D eigenvalue weighted by Crippen LogP contribution is -2.49. The first-order valence-corrected chi connectivity index (χ1v) is 9.15. The largest absolute Gasteiger partial charge is 0.465 e. The Hall–Kier alpha value is -2.38. The molecule has 0 spiro atoms. The van der Waals surface area contributed by atoms with E-state index in [0.717, 1.165) is 24.5 Å². The summed E-state index contributed by atoms with van der Waals surface area (Å²) >= 11 is 1.44. The molecule has 0 unspecified atom stereocenters. The number of hydrogen-bond donors (Lipinski definition) is 1. The van der Waals surface area contributed by atoms with Crippen LogP contribution in [-0.4, -0.2) is 60.9 Å². The van der Waals surface area contributed by atoms with Crippen molar-refractivity contribution >= 4 is 29.2 Å². The zero-order chi connectivity index (χ0) is 17.5. The summed E-state index contributed by atoms with van der Waals surface area (Å²) in [5, 5.41) is 4.82. The molecule has 1 aliphatic rings. The minimum Gasteiger partial charge on any atom is -0.465 e. The quantitative estimate of drug-likeness (QED) is 0.801. The van der Waals surface area contributed by atoms with Crippen molar-refractivity contribution in [3.63, 3.8) is 0 Å². The summed E-state index contributed by atoms with van der Waals surface area (Å²) in [4.78, 5) is 28.9. The van der Waals surface area contributed by atoms with Gasteiger partial charge in [0.25, 0.3) is 5.91 Å². The summed E-state index contributed by atoms with van der Waals surface area (Å²) in [5.74, 6) is 0.655. The number of rotatable bonds is 6. The number of hydrogen-bond acceptors (Lipinski definition) is 5. The molecule has 1 aliphatic heterocycles. The Kier molecular flexibility index (Phi) is 6.03. The van der Waals surface area contributed by atoms with Crippen molar-refractivity contribution in [2.75, 3.05) is 39.3 Å². The Bertz CT molecular complexity index is 702. The van der Waals surface area contributed by atoms with Gasteiger partial charge in [0, 0.05) is 45.3 Å². The molecule has 0 radical (unpaired) electrons. The van der Waals surface area contributed by atoms with E-state index in [4.69, 9.17) is 4.42 Å². The number of nitrogens with one attached hydrogen (secondary N) is 1. The predicted molar refractivity (Wildman–Crippen MR) is 97.4 cm³/mol. The highest BCUT2D eigenvalue weighted by Gasteiger charge is 2.19. The van der Waals surface area contributed by atoms with Crippen molar-refractivity contribution in [2.24, 2.45) is 0 Å². The van der Waals surface area contributed by atoms with Crippen LogP contribution in [0, 0.1) is 0 Å². The number of nitrogens with zero attached hydrogens (tertiary/aromatic N) is 2. The molecule has 1 saturated heterocycles. The van der Waals surface area contributed by atoms with Gasteiger partial charge in [-0.3, -0.25) is 14.5 Å². The lowest BCUT2D eigenvalue weighted by atomic mass is 10.3. The van der Waals surface area contributed by atoms with E-state index >= 15 is 0 Å². The molecule has 6 nitrogen and oxygen atoms in total. The molecule has 1 N–H and O–H groups in total. The summed E-state index contributed by atoms with van der Waals surface area (Å²) < 4.78 is 5.18. The number of thiophene rings is 1. The standard InChI is InChI=1S/C18H21N3O3S/c22-17(6-5-15-3-1-13-24-15)21-11-9-20(10-12-21)8-7-19-18(23)16-4-2-14-25-16/h1-6,13-14H,7-12H2,(H,19,23)/b6-5+. The van der Waals surface area contributed by atoms with Crippen molar-refractivity contribution in [2.45, 2.75) is 0 Å². The van der Waals surface area contributed by atoms with Crippen molar-refractivity contribution in [1.82, 2.24) is 15.1 Å². The van der Waals surface area contributed by atoms with Gasteiger partial charge in [0.2, 0.25) is 5.91 Å². The Morgan fingerprint density at radius 2 is 2.04 bits per heavy atom. The van der Waals surface area contributed by atoms with Crippen LogP contribution < -0.4 is 5.32 Å². The molecule has 3 heterocycles. The predicted octanol–water partition coefficient (Wildman–Crippen LogP) is 1.93. The Labute approximate surface area is 150 Å². The minimum absolute atomic E-state index is 0.00190. The number of carbonyl (C=O) groups is 2. The molecule has 0 atom stereocenters. The molecule has 132 valence electrons. The van der Waals surface area contributed by atoms with E-state index in [-0.39, 0.29) is 11.8 Å². The van der Waals surface area contributed by atoms with Gasteiger partial charge in [-0.1, -0.05) is 6.07 Å². The maximum Gasteiger partial charge on any atom is 0.261 e. The third-order valence-corrected chi connectivity index (χ3v) is 4.94. The van der Waals surface area contributed by atoms with Crippen molar-refractivity contribution in [3.8, 4) is 0 Å². The number of furan rings is 1. The molecule has 7 heteroatoms. The molecule has 0 aromatic carbocycles. The highest BCUT2D eigenvalue weighted by Crippen LogP contribution is 2.08. The van der Waals surface area contributed by atoms with Crippen molar-refractivity contribution in [3.05, 3.63) is 52.6 Å². The number of piperazine rings is 1. The Morgan fingerprint density at radius 1 is 1.20 bits per heavy atom. The maximum atomic E-state index is 12.2. The lowest BCUT2D eigenvalue weighted by Gasteiger charge is -2.34.